The molecule has 0 aromatic carbocycles. The highest BCUT2D eigenvalue weighted by atomic mass is 35.5. The van der Waals surface area contributed by atoms with Crippen molar-refractivity contribution >= 4 is 17.4 Å². The van der Waals surface area contributed by atoms with Gasteiger partial charge >= 0.3 is 0 Å². The molecule has 2 nitrogen and oxygen atoms in total. The summed E-state index contributed by atoms with van der Waals surface area (Å²) in [5, 5.41) is 0.602. The number of aromatic nitrogens is 1. The Morgan fingerprint density at radius 1 is 1.53 bits per heavy atom. The topological polar surface area (TPSA) is 30.0 Å². The van der Waals surface area contributed by atoms with Gasteiger partial charge in [-0.05, 0) is 30.4 Å². The average molecular weight is 252 g/mol. The molecule has 0 N–H and O–H groups in total. The van der Waals surface area contributed by atoms with E-state index in [1.807, 2.05) is 6.07 Å². The molecule has 3 heteroatoms. The van der Waals surface area contributed by atoms with Crippen molar-refractivity contribution in [1.82, 2.24) is 4.98 Å². The molecule has 2 atom stereocenters. The SMILES string of the molecule is CC1CCCC(C(=O)Cc2ccncc2Cl)C1. The Labute approximate surface area is 107 Å². The van der Waals surface area contributed by atoms with E-state index in [9.17, 15) is 4.79 Å². The highest BCUT2D eigenvalue weighted by Crippen LogP contribution is 2.30. The summed E-state index contributed by atoms with van der Waals surface area (Å²) in [6.45, 7) is 2.23. The molecule has 0 saturated heterocycles. The number of pyridine rings is 1. The number of rotatable bonds is 3. The largest absolute Gasteiger partial charge is 0.299 e. The van der Waals surface area contributed by atoms with Crippen LogP contribution in [0.4, 0.5) is 0 Å². The van der Waals surface area contributed by atoms with Crippen LogP contribution in [-0.2, 0) is 11.2 Å². The molecule has 1 heterocycles. The maximum Gasteiger partial charge on any atom is 0.140 e. The lowest BCUT2D eigenvalue weighted by atomic mass is 9.79. The molecule has 0 bridgehead atoms. The molecule has 1 fully saturated rings. The minimum atomic E-state index is 0.239. The molecule has 0 aliphatic heterocycles. The van der Waals surface area contributed by atoms with Crippen LogP contribution in [0.3, 0.4) is 0 Å². The van der Waals surface area contributed by atoms with E-state index in [0.29, 0.717) is 23.1 Å². The molecule has 0 spiro atoms. The molecule has 0 radical (unpaired) electrons. The van der Waals surface area contributed by atoms with Gasteiger partial charge in [0.05, 0.1) is 5.02 Å². The molecule has 2 unspecified atom stereocenters. The number of halogens is 1. The van der Waals surface area contributed by atoms with Crippen molar-refractivity contribution in [2.45, 2.75) is 39.0 Å². The number of ketones is 1. The first-order valence-corrected chi connectivity index (χ1v) is 6.65. The lowest BCUT2D eigenvalue weighted by Crippen LogP contribution is -2.23. The van der Waals surface area contributed by atoms with E-state index in [0.717, 1.165) is 18.4 Å². The molecule has 1 aromatic rings. The Morgan fingerprint density at radius 3 is 3.06 bits per heavy atom. The van der Waals surface area contributed by atoms with Crippen molar-refractivity contribution in [3.05, 3.63) is 29.0 Å². The highest BCUT2D eigenvalue weighted by Gasteiger charge is 2.25. The summed E-state index contributed by atoms with van der Waals surface area (Å²) in [7, 11) is 0. The molecule has 1 aromatic heterocycles. The van der Waals surface area contributed by atoms with Crippen molar-refractivity contribution in [2.24, 2.45) is 11.8 Å². The Morgan fingerprint density at radius 2 is 2.35 bits per heavy atom. The molecule has 1 saturated carbocycles. The summed E-state index contributed by atoms with van der Waals surface area (Å²) in [5.74, 6) is 1.26. The third-order valence-corrected chi connectivity index (χ3v) is 3.95. The minimum Gasteiger partial charge on any atom is -0.299 e. The zero-order valence-corrected chi connectivity index (χ0v) is 10.9. The van der Waals surface area contributed by atoms with Gasteiger partial charge in [-0.25, -0.2) is 0 Å². The fourth-order valence-corrected chi connectivity index (χ4v) is 2.79. The van der Waals surface area contributed by atoms with Crippen LogP contribution < -0.4 is 0 Å². The number of carbonyl (C=O) groups is 1. The van der Waals surface area contributed by atoms with Crippen LogP contribution in [0.1, 0.15) is 38.2 Å². The lowest BCUT2D eigenvalue weighted by Gasteiger charge is -2.25. The molecular formula is C14H18ClNO. The standard InChI is InChI=1S/C14H18ClNO/c1-10-3-2-4-12(7-10)14(17)8-11-5-6-16-9-13(11)15/h5-6,9-10,12H,2-4,7-8H2,1H3. The van der Waals surface area contributed by atoms with Crippen LogP contribution in [0.15, 0.2) is 18.5 Å². The second kappa shape index (κ2) is 5.63. The Bertz CT molecular complexity index is 405. The van der Waals surface area contributed by atoms with Crippen LogP contribution in [0.5, 0.6) is 0 Å². The van der Waals surface area contributed by atoms with E-state index in [1.54, 1.807) is 12.4 Å². The highest BCUT2D eigenvalue weighted by molar-refractivity contribution is 6.31. The Balaban J connectivity index is 1.99. The van der Waals surface area contributed by atoms with E-state index in [2.05, 4.69) is 11.9 Å². The van der Waals surface area contributed by atoms with Gasteiger partial charge in [-0.1, -0.05) is 31.4 Å². The van der Waals surface area contributed by atoms with Crippen LogP contribution in [-0.4, -0.2) is 10.8 Å². The monoisotopic (exact) mass is 251 g/mol. The first kappa shape index (κ1) is 12.6. The zero-order chi connectivity index (χ0) is 12.3. The van der Waals surface area contributed by atoms with Gasteiger partial charge < -0.3 is 0 Å². The predicted octanol–water partition coefficient (Wildman–Crippen LogP) is 3.67. The van der Waals surface area contributed by atoms with Crippen LogP contribution in [0.2, 0.25) is 5.02 Å². The smallest absolute Gasteiger partial charge is 0.140 e. The fraction of sp³-hybridized carbons (Fsp3) is 0.571. The molecule has 17 heavy (non-hydrogen) atoms. The van der Waals surface area contributed by atoms with E-state index < -0.39 is 0 Å². The van der Waals surface area contributed by atoms with Crippen molar-refractivity contribution in [1.29, 1.82) is 0 Å². The molecule has 1 aliphatic carbocycles. The van der Waals surface area contributed by atoms with Crippen molar-refractivity contribution in [3.8, 4) is 0 Å². The molecule has 1 aliphatic rings. The summed E-state index contributed by atoms with van der Waals surface area (Å²) >= 11 is 6.02. The number of carbonyl (C=O) groups excluding carboxylic acids is 1. The Kier molecular flexibility index (Phi) is 4.16. The van der Waals surface area contributed by atoms with Gasteiger partial charge in [-0.2, -0.15) is 0 Å². The van der Waals surface area contributed by atoms with E-state index >= 15 is 0 Å². The number of Topliss-reactive ketones (excluding diaryl/α,β-unsaturated/α-hetero) is 1. The number of nitrogens with zero attached hydrogens (tertiary/aromatic N) is 1. The van der Waals surface area contributed by atoms with Crippen LogP contribution in [0, 0.1) is 11.8 Å². The van der Waals surface area contributed by atoms with Gasteiger partial charge in [-0.3, -0.25) is 9.78 Å². The average Bonchev–Trinajstić information content (AvgIpc) is 2.32. The van der Waals surface area contributed by atoms with Crippen LogP contribution >= 0.6 is 11.6 Å². The van der Waals surface area contributed by atoms with Gasteiger partial charge in [-0.15, -0.1) is 0 Å². The molecule has 0 amide bonds. The maximum absolute atomic E-state index is 12.2. The van der Waals surface area contributed by atoms with Crippen molar-refractivity contribution in [3.63, 3.8) is 0 Å². The first-order valence-electron chi connectivity index (χ1n) is 6.28. The second-order valence-corrected chi connectivity index (χ2v) is 5.49. The molecule has 2 rings (SSSR count). The quantitative estimate of drug-likeness (QED) is 0.820. The number of hydrogen-bond acceptors (Lipinski definition) is 2. The van der Waals surface area contributed by atoms with Gasteiger partial charge in [0.25, 0.3) is 0 Å². The van der Waals surface area contributed by atoms with E-state index in [-0.39, 0.29) is 5.92 Å². The van der Waals surface area contributed by atoms with E-state index in [4.69, 9.17) is 11.6 Å². The predicted molar refractivity (Wildman–Crippen MR) is 69.1 cm³/mol. The van der Waals surface area contributed by atoms with Gasteiger partial charge in [0.1, 0.15) is 5.78 Å². The maximum atomic E-state index is 12.2. The summed E-state index contributed by atoms with van der Waals surface area (Å²) < 4.78 is 0. The number of hydrogen-bond donors (Lipinski definition) is 0. The van der Waals surface area contributed by atoms with E-state index in [1.165, 1.54) is 12.8 Å². The molecular weight excluding hydrogens is 234 g/mol. The minimum absolute atomic E-state index is 0.239. The third-order valence-electron chi connectivity index (χ3n) is 3.61. The lowest BCUT2D eigenvalue weighted by molar-refractivity contribution is -0.123. The van der Waals surface area contributed by atoms with Crippen molar-refractivity contribution in [2.75, 3.05) is 0 Å². The third kappa shape index (κ3) is 3.29. The van der Waals surface area contributed by atoms with Gasteiger partial charge in [0.2, 0.25) is 0 Å². The Hall–Kier alpha value is -0.890. The summed E-state index contributed by atoms with van der Waals surface area (Å²) in [6.07, 6.45) is 8.29. The normalized spacial score (nSPS) is 24.6. The fourth-order valence-electron chi connectivity index (χ4n) is 2.61. The van der Waals surface area contributed by atoms with Gasteiger partial charge in [0.15, 0.2) is 0 Å². The summed E-state index contributed by atoms with van der Waals surface area (Å²) in [5.41, 5.74) is 0.907. The summed E-state index contributed by atoms with van der Waals surface area (Å²) in [6, 6.07) is 1.84. The van der Waals surface area contributed by atoms with Gasteiger partial charge in [0, 0.05) is 24.7 Å². The summed E-state index contributed by atoms with van der Waals surface area (Å²) in [4.78, 5) is 16.1. The second-order valence-electron chi connectivity index (χ2n) is 5.08. The van der Waals surface area contributed by atoms with Crippen LogP contribution in [0.25, 0.3) is 0 Å². The first-order chi connectivity index (χ1) is 8.16. The molecule has 92 valence electrons. The zero-order valence-electron chi connectivity index (χ0n) is 10.2. The van der Waals surface area contributed by atoms with Crippen molar-refractivity contribution < 1.29 is 4.79 Å².